The van der Waals surface area contributed by atoms with Crippen LogP contribution < -0.4 is 10.5 Å². The van der Waals surface area contributed by atoms with Gasteiger partial charge in [0, 0.05) is 12.6 Å². The van der Waals surface area contributed by atoms with Crippen molar-refractivity contribution in [2.45, 2.75) is 32.1 Å². The summed E-state index contributed by atoms with van der Waals surface area (Å²) in [5, 5.41) is 10.8. The number of nitrogen functional groups attached to an aromatic ring is 1. The Labute approximate surface area is 118 Å². The molecular formula is C12H19N3O4S. The van der Waals surface area contributed by atoms with Gasteiger partial charge in [-0.1, -0.05) is 20.3 Å². The Kier molecular flexibility index (Phi) is 5.07. The van der Waals surface area contributed by atoms with Gasteiger partial charge in [-0.25, -0.2) is 13.1 Å². The fourth-order valence-electron chi connectivity index (χ4n) is 1.62. The molecule has 0 aliphatic carbocycles. The molecule has 0 heterocycles. The number of aryl methyl sites for hydroxylation is 1. The molecule has 3 N–H and O–H groups in total. The SMILES string of the molecule is CCC(C)CNS(=O)(=O)c1cc([N+](=O)[O-])c(N)cc1C. The lowest BCUT2D eigenvalue weighted by Gasteiger charge is -2.13. The van der Waals surface area contributed by atoms with Gasteiger partial charge in [0.1, 0.15) is 5.69 Å². The second kappa shape index (κ2) is 6.19. The molecule has 1 unspecified atom stereocenters. The van der Waals surface area contributed by atoms with E-state index in [4.69, 9.17) is 5.73 Å². The van der Waals surface area contributed by atoms with E-state index in [0.29, 0.717) is 5.56 Å². The molecule has 0 aliphatic heterocycles. The monoisotopic (exact) mass is 301 g/mol. The standard InChI is InChI=1S/C12H19N3O4S/c1-4-8(2)7-14-20(18,19)12-6-11(15(16)17)10(13)5-9(12)3/h5-6,8,14H,4,7,13H2,1-3H3. The van der Waals surface area contributed by atoms with Crippen LogP contribution in [0.4, 0.5) is 11.4 Å². The van der Waals surface area contributed by atoms with Crippen LogP contribution in [0, 0.1) is 23.0 Å². The number of rotatable bonds is 6. The van der Waals surface area contributed by atoms with Crippen molar-refractivity contribution in [2.75, 3.05) is 12.3 Å². The molecule has 0 amide bonds. The highest BCUT2D eigenvalue weighted by Crippen LogP contribution is 2.28. The molecule has 0 radical (unpaired) electrons. The van der Waals surface area contributed by atoms with Crippen LogP contribution in [0.1, 0.15) is 25.8 Å². The molecule has 0 saturated carbocycles. The highest BCUT2D eigenvalue weighted by Gasteiger charge is 2.23. The minimum Gasteiger partial charge on any atom is -0.393 e. The molecule has 0 fully saturated rings. The van der Waals surface area contributed by atoms with Crippen LogP contribution in [-0.4, -0.2) is 19.9 Å². The molecule has 0 aromatic heterocycles. The third-order valence-electron chi connectivity index (χ3n) is 3.13. The first-order chi connectivity index (χ1) is 9.19. The Morgan fingerprint density at radius 3 is 2.55 bits per heavy atom. The molecule has 1 aromatic rings. The summed E-state index contributed by atoms with van der Waals surface area (Å²) in [5.41, 5.74) is 5.45. The topological polar surface area (TPSA) is 115 Å². The number of sulfonamides is 1. The predicted molar refractivity (Wildman–Crippen MR) is 76.9 cm³/mol. The van der Waals surface area contributed by atoms with Gasteiger partial charge in [0.2, 0.25) is 10.0 Å². The van der Waals surface area contributed by atoms with Crippen molar-refractivity contribution in [3.63, 3.8) is 0 Å². The van der Waals surface area contributed by atoms with Gasteiger partial charge >= 0.3 is 0 Å². The summed E-state index contributed by atoms with van der Waals surface area (Å²) in [4.78, 5) is 10.0. The maximum atomic E-state index is 12.2. The van der Waals surface area contributed by atoms with E-state index < -0.39 is 20.6 Å². The smallest absolute Gasteiger partial charge is 0.293 e. The van der Waals surface area contributed by atoms with Gasteiger partial charge in [-0.15, -0.1) is 0 Å². The number of hydrogen-bond donors (Lipinski definition) is 2. The number of nitrogens with two attached hydrogens (primary N) is 1. The van der Waals surface area contributed by atoms with E-state index in [1.165, 1.54) is 6.07 Å². The minimum atomic E-state index is -3.78. The minimum absolute atomic E-state index is 0.0478. The van der Waals surface area contributed by atoms with Gasteiger partial charge in [-0.3, -0.25) is 10.1 Å². The van der Waals surface area contributed by atoms with Gasteiger partial charge < -0.3 is 5.73 Å². The van der Waals surface area contributed by atoms with E-state index in [-0.39, 0.29) is 23.0 Å². The molecule has 1 atom stereocenters. The van der Waals surface area contributed by atoms with Crippen molar-refractivity contribution in [3.05, 3.63) is 27.8 Å². The average molecular weight is 301 g/mol. The molecule has 0 saturated heterocycles. The van der Waals surface area contributed by atoms with E-state index in [1.807, 2.05) is 13.8 Å². The first-order valence-corrected chi connectivity index (χ1v) is 7.71. The third-order valence-corrected chi connectivity index (χ3v) is 4.69. The normalized spacial score (nSPS) is 13.2. The molecule has 0 aliphatic rings. The second-order valence-corrected chi connectivity index (χ2v) is 6.53. The highest BCUT2D eigenvalue weighted by molar-refractivity contribution is 7.89. The summed E-state index contributed by atoms with van der Waals surface area (Å²) in [5.74, 6) is 0.189. The maximum Gasteiger partial charge on any atom is 0.293 e. The van der Waals surface area contributed by atoms with Gasteiger partial charge in [-0.2, -0.15) is 0 Å². The summed E-state index contributed by atoms with van der Waals surface area (Å²) in [6.45, 7) is 5.72. The summed E-state index contributed by atoms with van der Waals surface area (Å²) < 4.78 is 26.8. The maximum absolute atomic E-state index is 12.2. The number of nitrogens with one attached hydrogen (secondary N) is 1. The molecule has 7 nitrogen and oxygen atoms in total. The van der Waals surface area contributed by atoms with Gasteiger partial charge in [0.25, 0.3) is 5.69 Å². The molecule has 8 heteroatoms. The molecule has 20 heavy (non-hydrogen) atoms. The van der Waals surface area contributed by atoms with E-state index in [0.717, 1.165) is 12.5 Å². The van der Waals surface area contributed by atoms with E-state index >= 15 is 0 Å². The lowest BCUT2D eigenvalue weighted by molar-refractivity contribution is -0.384. The third kappa shape index (κ3) is 3.67. The Bertz CT molecular complexity index is 613. The fourth-order valence-corrected chi connectivity index (χ4v) is 3.03. The Morgan fingerprint density at radius 1 is 1.45 bits per heavy atom. The number of nitro groups is 1. The van der Waals surface area contributed by atoms with Crippen molar-refractivity contribution in [2.24, 2.45) is 5.92 Å². The lowest BCUT2D eigenvalue weighted by Crippen LogP contribution is -2.29. The van der Waals surface area contributed by atoms with Crippen LogP contribution in [0.15, 0.2) is 17.0 Å². The van der Waals surface area contributed by atoms with Crippen LogP contribution in [0.25, 0.3) is 0 Å². The van der Waals surface area contributed by atoms with Crippen molar-refractivity contribution in [1.82, 2.24) is 4.72 Å². The number of nitrogens with zero attached hydrogens (tertiary/aromatic N) is 1. The lowest BCUT2D eigenvalue weighted by atomic mass is 10.1. The van der Waals surface area contributed by atoms with E-state index in [2.05, 4.69) is 4.72 Å². The molecule has 0 spiro atoms. The summed E-state index contributed by atoms with van der Waals surface area (Å²) >= 11 is 0. The van der Waals surface area contributed by atoms with Gasteiger partial charge in [0.05, 0.1) is 9.82 Å². The van der Waals surface area contributed by atoms with Crippen LogP contribution in [0.3, 0.4) is 0 Å². The fraction of sp³-hybridized carbons (Fsp3) is 0.500. The number of anilines is 1. The van der Waals surface area contributed by atoms with Crippen molar-refractivity contribution in [1.29, 1.82) is 0 Å². The zero-order valence-electron chi connectivity index (χ0n) is 11.7. The highest BCUT2D eigenvalue weighted by atomic mass is 32.2. The summed E-state index contributed by atoms with van der Waals surface area (Å²) in [6, 6.07) is 2.31. The Balaban J connectivity index is 3.18. The first kappa shape index (κ1) is 16.4. The predicted octanol–water partition coefficient (Wildman–Crippen LogP) is 1.81. The molecule has 1 aromatic carbocycles. The Hall–Kier alpha value is -1.67. The van der Waals surface area contributed by atoms with Crippen molar-refractivity contribution >= 4 is 21.4 Å². The number of hydrogen-bond acceptors (Lipinski definition) is 5. The molecule has 1 rings (SSSR count). The van der Waals surface area contributed by atoms with Crippen LogP contribution in [-0.2, 0) is 10.0 Å². The zero-order valence-corrected chi connectivity index (χ0v) is 12.5. The van der Waals surface area contributed by atoms with Crippen LogP contribution in [0.2, 0.25) is 0 Å². The largest absolute Gasteiger partial charge is 0.393 e. The van der Waals surface area contributed by atoms with E-state index in [1.54, 1.807) is 6.92 Å². The summed E-state index contributed by atoms with van der Waals surface area (Å²) in [6.07, 6.45) is 0.837. The quantitative estimate of drug-likeness (QED) is 0.472. The average Bonchev–Trinajstić information content (AvgIpc) is 2.35. The Morgan fingerprint density at radius 2 is 2.05 bits per heavy atom. The number of nitro benzene ring substituents is 1. The zero-order chi connectivity index (χ0) is 15.5. The van der Waals surface area contributed by atoms with Crippen molar-refractivity contribution < 1.29 is 13.3 Å². The van der Waals surface area contributed by atoms with Crippen LogP contribution in [0.5, 0.6) is 0 Å². The molecular weight excluding hydrogens is 282 g/mol. The second-order valence-electron chi connectivity index (χ2n) is 4.80. The molecule has 112 valence electrons. The number of benzene rings is 1. The first-order valence-electron chi connectivity index (χ1n) is 6.23. The summed E-state index contributed by atoms with van der Waals surface area (Å²) in [7, 11) is -3.78. The van der Waals surface area contributed by atoms with Crippen LogP contribution >= 0.6 is 0 Å². The van der Waals surface area contributed by atoms with E-state index in [9.17, 15) is 18.5 Å². The molecule has 0 bridgehead atoms. The van der Waals surface area contributed by atoms with Gasteiger partial charge in [0.15, 0.2) is 0 Å². The van der Waals surface area contributed by atoms with Crippen molar-refractivity contribution in [3.8, 4) is 0 Å². The van der Waals surface area contributed by atoms with Gasteiger partial charge in [-0.05, 0) is 24.5 Å².